The summed E-state index contributed by atoms with van der Waals surface area (Å²) in [6, 6.07) is 8.08. The van der Waals surface area contributed by atoms with Crippen LogP contribution in [0.5, 0.6) is 0 Å². The molecule has 0 saturated heterocycles. The summed E-state index contributed by atoms with van der Waals surface area (Å²) in [6.07, 6.45) is 1.61. The summed E-state index contributed by atoms with van der Waals surface area (Å²) in [5.41, 5.74) is 12.5. The molecule has 0 fully saturated rings. The Morgan fingerprint density at radius 2 is 1.68 bits per heavy atom. The number of benzene rings is 1. The van der Waals surface area contributed by atoms with Gasteiger partial charge in [-0.25, -0.2) is 0 Å². The molecule has 0 aliphatic heterocycles. The van der Waals surface area contributed by atoms with Crippen LogP contribution in [0.15, 0.2) is 34.5 Å². The van der Waals surface area contributed by atoms with Gasteiger partial charge in [0.15, 0.2) is 0 Å². The lowest BCUT2D eigenvalue weighted by Gasteiger charge is -2.23. The molecule has 1 aromatic rings. The van der Waals surface area contributed by atoms with E-state index in [1.54, 1.807) is 6.21 Å². The first-order valence-corrected chi connectivity index (χ1v) is 8.00. The van der Waals surface area contributed by atoms with Gasteiger partial charge >= 0.3 is 0 Å². The minimum atomic E-state index is -0.0475. The second-order valence-corrected chi connectivity index (χ2v) is 5.31. The number of halogens is 2. The van der Waals surface area contributed by atoms with Gasteiger partial charge in [-0.2, -0.15) is 5.10 Å². The minimum absolute atomic E-state index is 0.0475. The molecular formula is C12H17Br2N5. The second kappa shape index (κ2) is 8.92. The maximum absolute atomic E-state index is 5.19. The van der Waals surface area contributed by atoms with Crippen molar-refractivity contribution in [2.45, 2.75) is 0 Å². The quantitative estimate of drug-likeness (QED) is 0.323. The van der Waals surface area contributed by atoms with Crippen molar-refractivity contribution in [3.05, 3.63) is 29.8 Å². The Kier molecular flexibility index (Phi) is 7.50. The van der Waals surface area contributed by atoms with Crippen LogP contribution in [0.1, 0.15) is 5.56 Å². The molecule has 1 aromatic carbocycles. The Morgan fingerprint density at radius 3 is 2.16 bits per heavy atom. The summed E-state index contributed by atoms with van der Waals surface area (Å²) in [7, 11) is 0. The summed E-state index contributed by atoms with van der Waals surface area (Å²) in [5, 5.41) is 9.20. The van der Waals surface area contributed by atoms with Gasteiger partial charge in [-0.1, -0.05) is 44.0 Å². The average molecular weight is 391 g/mol. The van der Waals surface area contributed by atoms with Crippen molar-refractivity contribution in [1.29, 1.82) is 0 Å². The smallest absolute Gasteiger partial charge is 0.211 e. The van der Waals surface area contributed by atoms with Gasteiger partial charge < -0.3 is 16.4 Å². The van der Waals surface area contributed by atoms with Crippen LogP contribution in [0.4, 0.5) is 5.69 Å². The van der Waals surface area contributed by atoms with Crippen LogP contribution >= 0.6 is 31.9 Å². The van der Waals surface area contributed by atoms with Gasteiger partial charge in [-0.15, -0.1) is 5.10 Å². The van der Waals surface area contributed by atoms with Gasteiger partial charge in [0.25, 0.3) is 0 Å². The van der Waals surface area contributed by atoms with Crippen molar-refractivity contribution >= 4 is 49.7 Å². The van der Waals surface area contributed by atoms with E-state index in [0.717, 1.165) is 29.3 Å². The Balaban J connectivity index is 2.74. The van der Waals surface area contributed by atoms with Gasteiger partial charge in [-0.05, 0) is 17.7 Å². The molecule has 0 atom stereocenters. The normalized spacial score (nSPS) is 10.6. The predicted molar refractivity (Wildman–Crippen MR) is 89.6 cm³/mol. The van der Waals surface area contributed by atoms with Gasteiger partial charge in [0.2, 0.25) is 5.96 Å². The van der Waals surface area contributed by atoms with E-state index in [4.69, 9.17) is 11.5 Å². The number of nitrogens with two attached hydrogens (primary N) is 2. The number of anilines is 1. The van der Waals surface area contributed by atoms with Gasteiger partial charge in [0, 0.05) is 29.4 Å². The topological polar surface area (TPSA) is 80.0 Å². The number of hydrogen-bond acceptors (Lipinski definition) is 3. The van der Waals surface area contributed by atoms with Crippen LogP contribution in [0.25, 0.3) is 0 Å². The lowest BCUT2D eigenvalue weighted by molar-refractivity contribution is 0.885. The first-order chi connectivity index (χ1) is 9.17. The lowest BCUT2D eigenvalue weighted by atomic mass is 10.2. The minimum Gasteiger partial charge on any atom is -0.370 e. The molecule has 5 nitrogen and oxygen atoms in total. The molecule has 0 amide bonds. The lowest BCUT2D eigenvalue weighted by Crippen LogP contribution is -2.27. The van der Waals surface area contributed by atoms with Crippen molar-refractivity contribution < 1.29 is 0 Å². The van der Waals surface area contributed by atoms with Gasteiger partial charge in [0.1, 0.15) is 0 Å². The van der Waals surface area contributed by atoms with E-state index in [9.17, 15) is 0 Å². The molecule has 0 unspecified atom stereocenters. The van der Waals surface area contributed by atoms with Crippen molar-refractivity contribution in [2.24, 2.45) is 21.7 Å². The van der Waals surface area contributed by atoms with E-state index in [2.05, 4.69) is 59.1 Å². The van der Waals surface area contributed by atoms with Crippen molar-refractivity contribution in [1.82, 2.24) is 0 Å². The standard InChI is InChI=1S/C12H17Br2N5/c13-5-7-19(8-6-14)11-3-1-10(2-4-11)9-17-18-12(15)16/h1-4,9H,5-8H2,(H4,15,16,18)/b17-9-. The molecule has 0 bridgehead atoms. The number of nitrogens with zero attached hydrogens (tertiary/aromatic N) is 3. The van der Waals surface area contributed by atoms with E-state index in [0.29, 0.717) is 0 Å². The average Bonchev–Trinajstić information content (AvgIpc) is 2.39. The fraction of sp³-hybridized carbons (Fsp3) is 0.333. The highest BCUT2D eigenvalue weighted by molar-refractivity contribution is 9.09. The van der Waals surface area contributed by atoms with Crippen LogP contribution in [0.3, 0.4) is 0 Å². The molecule has 0 spiro atoms. The fourth-order valence-corrected chi connectivity index (χ4v) is 2.36. The molecule has 7 heteroatoms. The predicted octanol–water partition coefficient (Wildman–Crippen LogP) is 1.89. The molecule has 0 radical (unpaired) electrons. The second-order valence-electron chi connectivity index (χ2n) is 3.73. The number of hydrogen-bond donors (Lipinski definition) is 2. The zero-order valence-corrected chi connectivity index (χ0v) is 13.6. The largest absolute Gasteiger partial charge is 0.370 e. The summed E-state index contributed by atoms with van der Waals surface area (Å²) >= 11 is 6.93. The molecule has 0 aliphatic rings. The van der Waals surface area contributed by atoms with Crippen LogP contribution < -0.4 is 16.4 Å². The molecule has 104 valence electrons. The third-order valence-corrected chi connectivity index (χ3v) is 3.06. The molecular weight excluding hydrogens is 374 g/mol. The number of guanidine groups is 1. The summed E-state index contributed by atoms with van der Waals surface area (Å²) < 4.78 is 0. The molecule has 1 rings (SSSR count). The third kappa shape index (κ3) is 6.07. The van der Waals surface area contributed by atoms with E-state index in [1.165, 1.54) is 5.69 Å². The maximum atomic E-state index is 5.19. The van der Waals surface area contributed by atoms with E-state index in [1.807, 2.05) is 12.1 Å². The molecule has 0 saturated carbocycles. The Labute approximate surface area is 130 Å². The molecule has 0 aliphatic carbocycles. The highest BCUT2D eigenvalue weighted by Gasteiger charge is 2.04. The van der Waals surface area contributed by atoms with Gasteiger partial charge in [-0.3, -0.25) is 0 Å². The Bertz CT molecular complexity index is 420. The zero-order chi connectivity index (χ0) is 14.1. The van der Waals surface area contributed by atoms with Crippen LogP contribution in [-0.2, 0) is 0 Å². The molecule has 0 aromatic heterocycles. The van der Waals surface area contributed by atoms with Gasteiger partial charge in [0.05, 0.1) is 6.21 Å². The van der Waals surface area contributed by atoms with Crippen LogP contribution in [0.2, 0.25) is 0 Å². The van der Waals surface area contributed by atoms with Crippen LogP contribution in [-0.4, -0.2) is 35.9 Å². The fourth-order valence-electron chi connectivity index (χ4n) is 1.51. The van der Waals surface area contributed by atoms with Crippen molar-refractivity contribution in [2.75, 3.05) is 28.6 Å². The monoisotopic (exact) mass is 389 g/mol. The zero-order valence-electron chi connectivity index (χ0n) is 10.5. The highest BCUT2D eigenvalue weighted by atomic mass is 79.9. The molecule has 4 N–H and O–H groups in total. The Hall–Kier alpha value is -1.08. The number of rotatable bonds is 7. The molecule has 19 heavy (non-hydrogen) atoms. The SMILES string of the molecule is NC(N)=N/N=C\c1ccc(N(CCBr)CCBr)cc1. The van der Waals surface area contributed by atoms with Crippen molar-refractivity contribution in [3.8, 4) is 0 Å². The highest BCUT2D eigenvalue weighted by Crippen LogP contribution is 2.15. The van der Waals surface area contributed by atoms with E-state index in [-0.39, 0.29) is 5.96 Å². The maximum Gasteiger partial charge on any atom is 0.211 e. The van der Waals surface area contributed by atoms with E-state index < -0.39 is 0 Å². The summed E-state index contributed by atoms with van der Waals surface area (Å²) in [6.45, 7) is 1.93. The molecule has 0 heterocycles. The van der Waals surface area contributed by atoms with Crippen LogP contribution in [0, 0.1) is 0 Å². The Morgan fingerprint density at radius 1 is 1.11 bits per heavy atom. The number of alkyl halides is 2. The van der Waals surface area contributed by atoms with E-state index >= 15 is 0 Å². The third-order valence-electron chi connectivity index (χ3n) is 2.35. The first-order valence-electron chi connectivity index (χ1n) is 5.76. The first kappa shape index (κ1) is 16.0. The summed E-state index contributed by atoms with van der Waals surface area (Å²) in [5.74, 6) is -0.0475. The summed E-state index contributed by atoms with van der Waals surface area (Å²) in [4.78, 5) is 2.29. The van der Waals surface area contributed by atoms with Crippen molar-refractivity contribution in [3.63, 3.8) is 0 Å².